The molecule has 3 nitrogen and oxygen atoms in total. The summed E-state index contributed by atoms with van der Waals surface area (Å²) in [4.78, 5) is 15.0. The van der Waals surface area contributed by atoms with Gasteiger partial charge in [0.25, 0.3) is 0 Å². The minimum absolute atomic E-state index is 0.192. The van der Waals surface area contributed by atoms with Gasteiger partial charge in [-0.2, -0.15) is 0 Å². The lowest BCUT2D eigenvalue weighted by Crippen LogP contribution is -2.45. The fourth-order valence-electron chi connectivity index (χ4n) is 3.76. The van der Waals surface area contributed by atoms with Gasteiger partial charge >= 0.3 is 0 Å². The molecule has 1 atom stereocenters. The molecular weight excluding hydrogens is 224 g/mol. The van der Waals surface area contributed by atoms with Crippen LogP contribution in [0.2, 0.25) is 0 Å². The Hall–Kier alpha value is -0.570. The van der Waals surface area contributed by atoms with Crippen LogP contribution < -0.4 is 5.32 Å². The molecule has 2 aliphatic rings. The first-order chi connectivity index (χ1) is 8.68. The summed E-state index contributed by atoms with van der Waals surface area (Å²) in [5, 5.41) is 3.69. The third kappa shape index (κ3) is 2.18. The van der Waals surface area contributed by atoms with E-state index in [4.69, 9.17) is 0 Å². The van der Waals surface area contributed by atoms with Gasteiger partial charge in [-0.25, -0.2) is 0 Å². The van der Waals surface area contributed by atoms with Crippen molar-refractivity contribution in [2.24, 2.45) is 0 Å². The van der Waals surface area contributed by atoms with Crippen molar-refractivity contribution in [1.29, 1.82) is 0 Å². The summed E-state index contributed by atoms with van der Waals surface area (Å²) in [5.74, 6) is 0.396. The van der Waals surface area contributed by atoms with E-state index in [0.29, 0.717) is 11.9 Å². The summed E-state index contributed by atoms with van der Waals surface area (Å²) >= 11 is 0. The maximum Gasteiger partial charge on any atom is 0.244 e. The van der Waals surface area contributed by atoms with Crippen LogP contribution in [0.1, 0.15) is 72.1 Å². The maximum atomic E-state index is 12.8. The Labute approximate surface area is 111 Å². The number of rotatable bonds is 5. The Morgan fingerprint density at radius 1 is 1.28 bits per heavy atom. The van der Waals surface area contributed by atoms with Gasteiger partial charge < -0.3 is 4.90 Å². The zero-order chi connectivity index (χ0) is 13.2. The third-order valence-corrected chi connectivity index (χ3v) is 4.78. The highest BCUT2D eigenvalue weighted by Crippen LogP contribution is 2.38. The molecular formula is C15H28N2O. The molecule has 1 N–H and O–H groups in total. The van der Waals surface area contributed by atoms with Crippen molar-refractivity contribution >= 4 is 5.91 Å². The number of hydrogen-bond acceptors (Lipinski definition) is 2. The molecule has 0 aromatic rings. The third-order valence-electron chi connectivity index (χ3n) is 4.78. The van der Waals surface area contributed by atoms with Crippen LogP contribution in [0.3, 0.4) is 0 Å². The van der Waals surface area contributed by atoms with E-state index in [9.17, 15) is 4.79 Å². The minimum atomic E-state index is -0.192. The van der Waals surface area contributed by atoms with Crippen LogP contribution in [0.5, 0.6) is 0 Å². The fraction of sp³-hybridized carbons (Fsp3) is 0.933. The molecule has 2 fully saturated rings. The van der Waals surface area contributed by atoms with Crippen molar-refractivity contribution in [3.8, 4) is 0 Å². The van der Waals surface area contributed by atoms with E-state index in [1.807, 2.05) is 0 Å². The van der Waals surface area contributed by atoms with Gasteiger partial charge in [-0.3, -0.25) is 10.1 Å². The Morgan fingerprint density at radius 2 is 1.89 bits per heavy atom. The van der Waals surface area contributed by atoms with E-state index in [1.54, 1.807) is 0 Å². The van der Waals surface area contributed by atoms with Crippen molar-refractivity contribution in [1.82, 2.24) is 10.2 Å². The maximum absolute atomic E-state index is 12.8. The van der Waals surface area contributed by atoms with E-state index in [2.05, 4.69) is 31.0 Å². The van der Waals surface area contributed by atoms with Crippen LogP contribution in [0.15, 0.2) is 0 Å². The second-order valence-corrected chi connectivity index (χ2v) is 5.92. The first-order valence-corrected chi connectivity index (χ1v) is 7.79. The molecule has 0 radical (unpaired) electrons. The topological polar surface area (TPSA) is 32.3 Å². The van der Waals surface area contributed by atoms with E-state index in [1.165, 1.54) is 12.8 Å². The molecule has 0 bridgehead atoms. The molecule has 2 rings (SSSR count). The van der Waals surface area contributed by atoms with Crippen LogP contribution in [0.25, 0.3) is 0 Å². The molecule has 104 valence electrons. The Morgan fingerprint density at radius 3 is 2.39 bits per heavy atom. The number of carbonyl (C=O) groups excluding carboxylic acids is 1. The van der Waals surface area contributed by atoms with Crippen molar-refractivity contribution in [2.45, 2.75) is 89.9 Å². The van der Waals surface area contributed by atoms with Crippen LogP contribution in [0.4, 0.5) is 0 Å². The monoisotopic (exact) mass is 252 g/mol. The lowest BCUT2D eigenvalue weighted by molar-refractivity contribution is -0.135. The predicted octanol–water partition coefficient (Wildman–Crippen LogP) is 3.05. The molecule has 1 aliphatic carbocycles. The molecule has 0 aromatic carbocycles. The van der Waals surface area contributed by atoms with Crippen LogP contribution in [-0.4, -0.2) is 28.6 Å². The van der Waals surface area contributed by atoms with Gasteiger partial charge in [0.15, 0.2) is 0 Å². The van der Waals surface area contributed by atoms with Gasteiger partial charge in [-0.15, -0.1) is 0 Å². The standard InChI is InChI=1S/C15H28N2O/c1-4-9-13-16-15(10-7-8-11-15)14(18)17(13)12(5-2)6-3/h12-13,16H,4-11H2,1-3H3. The van der Waals surface area contributed by atoms with Gasteiger partial charge in [-0.1, -0.05) is 40.0 Å². The molecule has 1 saturated heterocycles. The van der Waals surface area contributed by atoms with Crippen molar-refractivity contribution in [3.05, 3.63) is 0 Å². The van der Waals surface area contributed by atoms with Crippen molar-refractivity contribution in [2.75, 3.05) is 0 Å². The van der Waals surface area contributed by atoms with Gasteiger partial charge in [0, 0.05) is 6.04 Å². The summed E-state index contributed by atoms with van der Waals surface area (Å²) in [6, 6.07) is 0.418. The lowest BCUT2D eigenvalue weighted by atomic mass is 9.97. The summed E-state index contributed by atoms with van der Waals surface area (Å²) < 4.78 is 0. The highest BCUT2D eigenvalue weighted by atomic mass is 16.2. The zero-order valence-corrected chi connectivity index (χ0v) is 12.2. The number of amides is 1. The highest BCUT2D eigenvalue weighted by Gasteiger charge is 2.53. The quantitative estimate of drug-likeness (QED) is 0.815. The second kappa shape index (κ2) is 5.60. The first-order valence-electron chi connectivity index (χ1n) is 7.79. The zero-order valence-electron chi connectivity index (χ0n) is 12.2. The molecule has 1 heterocycles. The molecule has 1 aliphatic heterocycles. The normalized spacial score (nSPS) is 26.8. The van der Waals surface area contributed by atoms with Gasteiger partial charge in [0.05, 0.1) is 11.7 Å². The van der Waals surface area contributed by atoms with E-state index in [0.717, 1.165) is 38.5 Å². The predicted molar refractivity (Wildman–Crippen MR) is 74.2 cm³/mol. The SMILES string of the molecule is CCCC1NC2(CCCC2)C(=O)N1C(CC)CC. The Kier molecular flexibility index (Phi) is 4.31. The smallest absolute Gasteiger partial charge is 0.244 e. The molecule has 1 saturated carbocycles. The van der Waals surface area contributed by atoms with Crippen LogP contribution in [-0.2, 0) is 4.79 Å². The number of nitrogens with one attached hydrogen (secondary N) is 1. The second-order valence-electron chi connectivity index (χ2n) is 5.92. The van der Waals surface area contributed by atoms with Gasteiger partial charge in [0.1, 0.15) is 0 Å². The summed E-state index contributed by atoms with van der Waals surface area (Å²) in [5.41, 5.74) is -0.192. The summed E-state index contributed by atoms with van der Waals surface area (Å²) in [7, 11) is 0. The Bertz CT molecular complexity index is 293. The average Bonchev–Trinajstić information content (AvgIpc) is 2.93. The summed E-state index contributed by atoms with van der Waals surface area (Å²) in [6.07, 6.45) is 9.14. The minimum Gasteiger partial charge on any atom is -0.323 e. The van der Waals surface area contributed by atoms with E-state index >= 15 is 0 Å². The number of nitrogens with zero attached hydrogens (tertiary/aromatic N) is 1. The summed E-state index contributed by atoms with van der Waals surface area (Å²) in [6.45, 7) is 6.60. The van der Waals surface area contributed by atoms with Crippen LogP contribution >= 0.6 is 0 Å². The molecule has 1 amide bonds. The molecule has 3 heteroatoms. The molecule has 18 heavy (non-hydrogen) atoms. The molecule has 1 spiro atoms. The van der Waals surface area contributed by atoms with E-state index in [-0.39, 0.29) is 11.7 Å². The van der Waals surface area contributed by atoms with Crippen LogP contribution in [0, 0.1) is 0 Å². The lowest BCUT2D eigenvalue weighted by Gasteiger charge is -2.31. The molecule has 1 unspecified atom stereocenters. The fourth-order valence-corrected chi connectivity index (χ4v) is 3.76. The van der Waals surface area contributed by atoms with Crippen molar-refractivity contribution in [3.63, 3.8) is 0 Å². The number of carbonyl (C=O) groups is 1. The van der Waals surface area contributed by atoms with E-state index < -0.39 is 0 Å². The first kappa shape index (κ1) is 13.9. The van der Waals surface area contributed by atoms with Crippen molar-refractivity contribution < 1.29 is 4.79 Å². The largest absolute Gasteiger partial charge is 0.323 e. The molecule has 0 aromatic heterocycles. The average molecular weight is 252 g/mol. The Balaban J connectivity index is 2.21. The number of hydrogen-bond donors (Lipinski definition) is 1. The van der Waals surface area contributed by atoms with Gasteiger partial charge in [0.2, 0.25) is 5.91 Å². The highest BCUT2D eigenvalue weighted by molar-refractivity contribution is 5.89. The van der Waals surface area contributed by atoms with Gasteiger partial charge in [-0.05, 0) is 32.1 Å².